The van der Waals surface area contributed by atoms with Crippen LogP contribution in [0.3, 0.4) is 0 Å². The Hall–Kier alpha value is -2.25. The summed E-state index contributed by atoms with van der Waals surface area (Å²) in [6, 6.07) is 2.59. The molecular weight excluding hydrogens is 302 g/mol. The van der Waals surface area contributed by atoms with Gasteiger partial charge < -0.3 is 5.32 Å². The third-order valence-corrected chi connectivity index (χ3v) is 4.76. The van der Waals surface area contributed by atoms with E-state index in [2.05, 4.69) is 27.5 Å². The first-order valence-electron chi connectivity index (χ1n) is 8.44. The molecule has 4 rings (SSSR count). The maximum absolute atomic E-state index is 4.92. The van der Waals surface area contributed by atoms with Crippen molar-refractivity contribution in [1.29, 1.82) is 0 Å². The molecule has 3 aromatic heterocycles. The molecule has 1 aliphatic rings. The van der Waals surface area contributed by atoms with Crippen LogP contribution in [0.5, 0.6) is 0 Å². The van der Waals surface area contributed by atoms with Crippen LogP contribution in [0, 0.1) is 0 Å². The maximum atomic E-state index is 4.92. The van der Waals surface area contributed by atoms with Gasteiger partial charge in [0.25, 0.3) is 0 Å². The molecule has 1 fully saturated rings. The van der Waals surface area contributed by atoms with Crippen LogP contribution >= 0.6 is 0 Å². The van der Waals surface area contributed by atoms with Crippen molar-refractivity contribution in [3.8, 4) is 11.3 Å². The molecule has 7 nitrogen and oxygen atoms in total. The number of piperidine rings is 1. The lowest BCUT2D eigenvalue weighted by atomic mass is 10.1. The SMILES string of the molecule is CN(Cc1nc(-c2cnn(C)c2)cn2nccc12)C1CCCNC1. The smallest absolute Gasteiger partial charge is 0.0921 e. The van der Waals surface area contributed by atoms with Crippen molar-refractivity contribution in [3.05, 3.63) is 36.5 Å². The molecule has 1 atom stereocenters. The van der Waals surface area contributed by atoms with Gasteiger partial charge in [-0.3, -0.25) is 9.58 Å². The normalized spacial score (nSPS) is 18.5. The van der Waals surface area contributed by atoms with E-state index in [1.54, 1.807) is 4.68 Å². The van der Waals surface area contributed by atoms with Gasteiger partial charge in [-0.25, -0.2) is 9.50 Å². The summed E-state index contributed by atoms with van der Waals surface area (Å²) in [4.78, 5) is 7.31. The first-order chi connectivity index (χ1) is 11.7. The van der Waals surface area contributed by atoms with Gasteiger partial charge in [-0.15, -0.1) is 0 Å². The molecule has 0 bridgehead atoms. The second-order valence-electron chi connectivity index (χ2n) is 6.55. The highest BCUT2D eigenvalue weighted by molar-refractivity contribution is 5.61. The van der Waals surface area contributed by atoms with Gasteiger partial charge in [0.2, 0.25) is 0 Å². The van der Waals surface area contributed by atoms with Gasteiger partial charge in [0.15, 0.2) is 0 Å². The number of hydrogen-bond donors (Lipinski definition) is 1. The number of nitrogens with one attached hydrogen (secondary N) is 1. The fourth-order valence-corrected chi connectivity index (χ4v) is 3.38. The summed E-state index contributed by atoms with van der Waals surface area (Å²) in [5, 5.41) is 12.1. The van der Waals surface area contributed by atoms with Gasteiger partial charge in [-0.1, -0.05) is 0 Å². The second-order valence-corrected chi connectivity index (χ2v) is 6.55. The highest BCUT2D eigenvalue weighted by Gasteiger charge is 2.20. The van der Waals surface area contributed by atoms with Crippen molar-refractivity contribution in [1.82, 2.24) is 34.6 Å². The van der Waals surface area contributed by atoms with Crippen molar-refractivity contribution >= 4 is 5.52 Å². The number of nitrogens with zero attached hydrogens (tertiary/aromatic N) is 6. The Morgan fingerprint density at radius 2 is 2.25 bits per heavy atom. The minimum atomic E-state index is 0.561. The Balaban J connectivity index is 1.67. The van der Waals surface area contributed by atoms with E-state index in [1.807, 2.05) is 42.4 Å². The van der Waals surface area contributed by atoms with E-state index in [0.29, 0.717) is 6.04 Å². The zero-order valence-corrected chi connectivity index (χ0v) is 14.2. The molecule has 7 heteroatoms. The third kappa shape index (κ3) is 2.92. The maximum Gasteiger partial charge on any atom is 0.0921 e. The summed E-state index contributed by atoms with van der Waals surface area (Å²) in [6.45, 7) is 3.00. The molecule has 0 radical (unpaired) electrons. The molecule has 1 unspecified atom stereocenters. The van der Waals surface area contributed by atoms with Crippen LogP contribution in [0.15, 0.2) is 30.9 Å². The van der Waals surface area contributed by atoms with E-state index in [-0.39, 0.29) is 0 Å². The Morgan fingerprint density at radius 1 is 1.33 bits per heavy atom. The van der Waals surface area contributed by atoms with Gasteiger partial charge in [-0.05, 0) is 32.5 Å². The monoisotopic (exact) mass is 325 g/mol. The summed E-state index contributed by atoms with van der Waals surface area (Å²) in [5.74, 6) is 0. The lowest BCUT2D eigenvalue weighted by molar-refractivity contribution is 0.194. The molecule has 0 amide bonds. The van der Waals surface area contributed by atoms with Crippen molar-refractivity contribution in [2.24, 2.45) is 7.05 Å². The molecular formula is C17H23N7. The molecule has 0 aromatic carbocycles. The third-order valence-electron chi connectivity index (χ3n) is 4.76. The topological polar surface area (TPSA) is 63.3 Å². The van der Waals surface area contributed by atoms with Crippen LogP contribution in [0.1, 0.15) is 18.5 Å². The molecule has 1 saturated heterocycles. The molecule has 4 heterocycles. The van der Waals surface area contributed by atoms with Gasteiger partial charge >= 0.3 is 0 Å². The van der Waals surface area contributed by atoms with Gasteiger partial charge in [-0.2, -0.15) is 10.2 Å². The predicted octanol–water partition coefficient (Wildman–Crippen LogP) is 1.31. The highest BCUT2D eigenvalue weighted by atomic mass is 15.2. The summed E-state index contributed by atoms with van der Waals surface area (Å²) in [5.41, 5.74) is 4.04. The van der Waals surface area contributed by atoms with Crippen LogP contribution in [-0.2, 0) is 13.6 Å². The highest BCUT2D eigenvalue weighted by Crippen LogP contribution is 2.21. The zero-order chi connectivity index (χ0) is 16.5. The number of likely N-dealkylation sites (N-methyl/N-ethyl adjacent to an activating group) is 1. The largest absolute Gasteiger partial charge is 0.315 e. The van der Waals surface area contributed by atoms with E-state index in [4.69, 9.17) is 4.98 Å². The average molecular weight is 325 g/mol. The number of fused-ring (bicyclic) bond motifs is 1. The van der Waals surface area contributed by atoms with E-state index < -0.39 is 0 Å². The van der Waals surface area contributed by atoms with E-state index >= 15 is 0 Å². The molecule has 0 aliphatic carbocycles. The first-order valence-corrected chi connectivity index (χ1v) is 8.44. The molecule has 0 spiro atoms. The Morgan fingerprint density at radius 3 is 3.00 bits per heavy atom. The van der Waals surface area contributed by atoms with Crippen molar-refractivity contribution in [2.45, 2.75) is 25.4 Å². The fourth-order valence-electron chi connectivity index (χ4n) is 3.38. The van der Waals surface area contributed by atoms with E-state index in [1.165, 1.54) is 12.8 Å². The van der Waals surface area contributed by atoms with E-state index in [9.17, 15) is 0 Å². The second kappa shape index (κ2) is 6.33. The van der Waals surface area contributed by atoms with Crippen LogP contribution in [0.2, 0.25) is 0 Å². The minimum Gasteiger partial charge on any atom is -0.315 e. The van der Waals surface area contributed by atoms with Gasteiger partial charge in [0.05, 0.1) is 35.5 Å². The van der Waals surface area contributed by atoms with Gasteiger partial charge in [0, 0.05) is 37.9 Å². The zero-order valence-electron chi connectivity index (χ0n) is 14.2. The van der Waals surface area contributed by atoms with Crippen molar-refractivity contribution in [2.75, 3.05) is 20.1 Å². The lowest BCUT2D eigenvalue weighted by Gasteiger charge is -2.31. The first kappa shape index (κ1) is 15.3. The number of rotatable bonds is 4. The Kier molecular flexibility index (Phi) is 4.03. The minimum absolute atomic E-state index is 0.561. The molecule has 3 aromatic rings. The lowest BCUT2D eigenvalue weighted by Crippen LogP contribution is -2.43. The van der Waals surface area contributed by atoms with Crippen LogP contribution in [0.25, 0.3) is 16.8 Å². The number of aromatic nitrogens is 5. The molecule has 1 N–H and O–H groups in total. The van der Waals surface area contributed by atoms with E-state index in [0.717, 1.165) is 42.1 Å². The number of hydrogen-bond acceptors (Lipinski definition) is 5. The summed E-state index contributed by atoms with van der Waals surface area (Å²) >= 11 is 0. The average Bonchev–Trinajstić information content (AvgIpc) is 3.24. The summed E-state index contributed by atoms with van der Waals surface area (Å²) in [6.07, 6.45) is 10.1. The van der Waals surface area contributed by atoms with Crippen LogP contribution in [-0.4, -0.2) is 55.5 Å². The fraction of sp³-hybridized carbons (Fsp3) is 0.471. The van der Waals surface area contributed by atoms with Gasteiger partial charge in [0.1, 0.15) is 0 Å². The number of aryl methyl sites for hydroxylation is 1. The molecule has 1 aliphatic heterocycles. The van der Waals surface area contributed by atoms with Crippen molar-refractivity contribution < 1.29 is 0 Å². The Bertz CT molecular complexity index is 828. The standard InChI is InChI=1S/C17H23N7/c1-22(14-4-3-6-18-9-14)11-16-17-5-7-19-24(17)12-15(21-16)13-8-20-23(2)10-13/h5,7-8,10,12,14,18H,3-4,6,9,11H2,1-2H3. The quantitative estimate of drug-likeness (QED) is 0.784. The Labute approximate surface area is 141 Å². The molecule has 0 saturated carbocycles. The predicted molar refractivity (Wildman–Crippen MR) is 92.5 cm³/mol. The summed E-state index contributed by atoms with van der Waals surface area (Å²) in [7, 11) is 4.10. The van der Waals surface area contributed by atoms with Crippen molar-refractivity contribution in [3.63, 3.8) is 0 Å². The molecule has 126 valence electrons. The van der Waals surface area contributed by atoms with Crippen LogP contribution in [0.4, 0.5) is 0 Å². The molecule has 24 heavy (non-hydrogen) atoms. The summed E-state index contributed by atoms with van der Waals surface area (Å²) < 4.78 is 3.71. The van der Waals surface area contributed by atoms with Crippen LogP contribution < -0.4 is 5.32 Å².